The topological polar surface area (TPSA) is 53.7 Å². The number of fused-ring (bicyclic) bond motifs is 1. The molecule has 2 heterocycles. The Kier molecular flexibility index (Phi) is 2.88. The maximum Gasteiger partial charge on any atom is 0.371 e. The van der Waals surface area contributed by atoms with Crippen molar-refractivity contribution >= 4 is 23.6 Å². The fourth-order valence-corrected chi connectivity index (χ4v) is 3.09. The number of hydrogen-bond donors (Lipinski definition) is 1. The summed E-state index contributed by atoms with van der Waals surface area (Å²) in [4.78, 5) is 13.7. The molecule has 1 aromatic rings. The minimum atomic E-state index is -1.01. The van der Waals surface area contributed by atoms with E-state index in [1.54, 1.807) is 17.8 Å². The number of nitrogens with zero attached hydrogens (tertiary/aromatic N) is 1. The second kappa shape index (κ2) is 4.05. The SMILES string of the molecule is CC(C)C1CN(C)c2oc(C(=O)O)cc2S1. The molecule has 0 radical (unpaired) electrons. The number of carboxylic acids is 1. The van der Waals surface area contributed by atoms with Crippen LogP contribution in [-0.2, 0) is 0 Å². The summed E-state index contributed by atoms with van der Waals surface area (Å²) in [6.07, 6.45) is 0. The van der Waals surface area contributed by atoms with Crippen LogP contribution in [0.15, 0.2) is 15.4 Å². The molecule has 1 aliphatic heterocycles. The Morgan fingerprint density at radius 3 is 2.94 bits per heavy atom. The van der Waals surface area contributed by atoms with Gasteiger partial charge in [-0.15, -0.1) is 11.8 Å². The van der Waals surface area contributed by atoms with Crippen LogP contribution in [0.5, 0.6) is 0 Å². The van der Waals surface area contributed by atoms with Gasteiger partial charge in [0.25, 0.3) is 0 Å². The molecule has 5 heteroatoms. The van der Waals surface area contributed by atoms with Crippen LogP contribution in [-0.4, -0.2) is 29.9 Å². The van der Waals surface area contributed by atoms with Gasteiger partial charge in [-0.05, 0) is 5.92 Å². The Bertz CT molecular complexity index is 413. The van der Waals surface area contributed by atoms with Gasteiger partial charge in [0.05, 0.1) is 4.90 Å². The number of carbonyl (C=O) groups is 1. The number of furan rings is 1. The van der Waals surface area contributed by atoms with Crippen molar-refractivity contribution in [2.24, 2.45) is 5.92 Å². The highest BCUT2D eigenvalue weighted by Gasteiger charge is 2.29. The first-order valence-corrected chi connectivity index (χ1v) is 6.12. The van der Waals surface area contributed by atoms with Gasteiger partial charge >= 0.3 is 5.97 Å². The predicted molar refractivity (Wildman–Crippen MR) is 63.4 cm³/mol. The summed E-state index contributed by atoms with van der Waals surface area (Å²) in [5.41, 5.74) is 0. The Balaban J connectivity index is 2.32. The van der Waals surface area contributed by atoms with E-state index in [2.05, 4.69) is 13.8 Å². The molecule has 0 saturated carbocycles. The smallest absolute Gasteiger partial charge is 0.371 e. The van der Waals surface area contributed by atoms with Crippen molar-refractivity contribution in [1.29, 1.82) is 0 Å². The lowest BCUT2D eigenvalue weighted by Crippen LogP contribution is -2.33. The quantitative estimate of drug-likeness (QED) is 0.862. The first-order valence-electron chi connectivity index (χ1n) is 5.24. The summed E-state index contributed by atoms with van der Waals surface area (Å²) >= 11 is 1.71. The Hall–Kier alpha value is -1.10. The van der Waals surface area contributed by atoms with Crippen molar-refractivity contribution in [1.82, 2.24) is 0 Å². The van der Waals surface area contributed by atoms with Gasteiger partial charge in [-0.3, -0.25) is 0 Å². The molecule has 0 bridgehead atoms. The third-order valence-electron chi connectivity index (χ3n) is 2.71. The van der Waals surface area contributed by atoms with Crippen molar-refractivity contribution in [3.05, 3.63) is 11.8 Å². The lowest BCUT2D eigenvalue weighted by Gasteiger charge is -2.31. The third-order valence-corrected chi connectivity index (χ3v) is 4.26. The van der Waals surface area contributed by atoms with Crippen molar-refractivity contribution in [2.45, 2.75) is 24.0 Å². The number of rotatable bonds is 2. The molecule has 2 rings (SSSR count). The number of anilines is 1. The van der Waals surface area contributed by atoms with Crippen LogP contribution in [0.4, 0.5) is 5.88 Å². The van der Waals surface area contributed by atoms with Crippen molar-refractivity contribution < 1.29 is 14.3 Å². The molecular weight excluding hydrogens is 226 g/mol. The molecule has 88 valence electrons. The number of aromatic carboxylic acids is 1. The van der Waals surface area contributed by atoms with E-state index >= 15 is 0 Å². The molecule has 0 spiro atoms. The van der Waals surface area contributed by atoms with E-state index in [0.717, 1.165) is 11.4 Å². The van der Waals surface area contributed by atoms with E-state index in [4.69, 9.17) is 9.52 Å². The van der Waals surface area contributed by atoms with Gasteiger partial charge in [0.1, 0.15) is 0 Å². The monoisotopic (exact) mass is 241 g/mol. The van der Waals surface area contributed by atoms with E-state index in [0.29, 0.717) is 17.1 Å². The minimum absolute atomic E-state index is 0.0220. The summed E-state index contributed by atoms with van der Waals surface area (Å²) in [6.45, 7) is 5.24. The molecule has 0 fully saturated rings. The van der Waals surface area contributed by atoms with Crippen LogP contribution in [0.1, 0.15) is 24.4 Å². The molecule has 1 aromatic heterocycles. The highest BCUT2D eigenvalue weighted by Crippen LogP contribution is 2.42. The molecular formula is C11H15NO3S. The van der Waals surface area contributed by atoms with Gasteiger partial charge in [-0.2, -0.15) is 0 Å². The van der Waals surface area contributed by atoms with E-state index in [-0.39, 0.29) is 5.76 Å². The molecule has 16 heavy (non-hydrogen) atoms. The number of hydrogen-bond acceptors (Lipinski definition) is 4. The first-order chi connectivity index (χ1) is 7.49. The molecule has 0 amide bonds. The lowest BCUT2D eigenvalue weighted by atomic mass is 10.1. The Morgan fingerprint density at radius 1 is 1.69 bits per heavy atom. The van der Waals surface area contributed by atoms with Gasteiger partial charge in [-0.25, -0.2) is 4.79 Å². The summed E-state index contributed by atoms with van der Waals surface area (Å²) in [5, 5.41) is 9.36. The minimum Gasteiger partial charge on any atom is -0.475 e. The molecule has 1 atom stereocenters. The fourth-order valence-electron chi connectivity index (χ4n) is 1.72. The van der Waals surface area contributed by atoms with E-state index in [9.17, 15) is 4.79 Å². The zero-order chi connectivity index (χ0) is 11.9. The van der Waals surface area contributed by atoms with Gasteiger partial charge in [0.2, 0.25) is 11.6 Å². The van der Waals surface area contributed by atoms with Crippen LogP contribution in [0, 0.1) is 5.92 Å². The second-order valence-corrected chi connectivity index (χ2v) is 5.65. The summed E-state index contributed by atoms with van der Waals surface area (Å²) in [7, 11) is 1.93. The molecule has 0 aliphatic carbocycles. The van der Waals surface area contributed by atoms with Gasteiger partial charge in [0.15, 0.2) is 0 Å². The largest absolute Gasteiger partial charge is 0.475 e. The van der Waals surface area contributed by atoms with E-state index < -0.39 is 5.97 Å². The van der Waals surface area contributed by atoms with Gasteiger partial charge in [0, 0.05) is 24.9 Å². The molecule has 0 saturated heterocycles. The Labute approximate surface area is 98.6 Å². The van der Waals surface area contributed by atoms with Crippen molar-refractivity contribution in [3.63, 3.8) is 0 Å². The summed E-state index contributed by atoms with van der Waals surface area (Å²) < 4.78 is 5.31. The highest BCUT2D eigenvalue weighted by molar-refractivity contribution is 8.00. The molecule has 4 nitrogen and oxygen atoms in total. The Morgan fingerprint density at radius 2 is 2.38 bits per heavy atom. The summed E-state index contributed by atoms with van der Waals surface area (Å²) in [5.74, 6) is 0.251. The zero-order valence-corrected chi connectivity index (χ0v) is 10.4. The van der Waals surface area contributed by atoms with Crippen LogP contribution < -0.4 is 4.90 Å². The average Bonchev–Trinajstić information content (AvgIpc) is 2.61. The average molecular weight is 241 g/mol. The second-order valence-electron chi connectivity index (χ2n) is 4.37. The number of thioether (sulfide) groups is 1. The zero-order valence-electron chi connectivity index (χ0n) is 9.56. The van der Waals surface area contributed by atoms with Crippen LogP contribution in [0.2, 0.25) is 0 Å². The van der Waals surface area contributed by atoms with Gasteiger partial charge < -0.3 is 14.4 Å². The maximum absolute atomic E-state index is 10.8. The molecule has 1 aliphatic rings. The van der Waals surface area contributed by atoms with Crippen LogP contribution in [0.3, 0.4) is 0 Å². The standard InChI is InChI=1S/C11H15NO3S/c1-6(2)9-5-12(3)10-8(16-9)4-7(15-10)11(13)14/h4,6,9H,5H2,1-3H3,(H,13,14). The fraction of sp³-hybridized carbons (Fsp3) is 0.545. The molecule has 1 unspecified atom stereocenters. The van der Waals surface area contributed by atoms with Crippen molar-refractivity contribution in [3.8, 4) is 0 Å². The van der Waals surface area contributed by atoms with Gasteiger partial charge in [-0.1, -0.05) is 13.8 Å². The first kappa shape index (κ1) is 11.4. The normalized spacial score (nSPS) is 20.0. The maximum atomic E-state index is 10.8. The predicted octanol–water partition coefficient (Wildman–Crippen LogP) is 2.54. The van der Waals surface area contributed by atoms with Crippen molar-refractivity contribution in [2.75, 3.05) is 18.5 Å². The molecule has 0 aromatic carbocycles. The number of carboxylic acid groups (broad SMARTS) is 1. The van der Waals surface area contributed by atoms with E-state index in [1.165, 1.54) is 0 Å². The lowest BCUT2D eigenvalue weighted by molar-refractivity contribution is 0.0663. The molecule has 1 N–H and O–H groups in total. The van der Waals surface area contributed by atoms with Crippen LogP contribution >= 0.6 is 11.8 Å². The summed E-state index contributed by atoms with van der Waals surface area (Å²) in [6, 6.07) is 1.62. The van der Waals surface area contributed by atoms with E-state index in [1.807, 2.05) is 11.9 Å². The third kappa shape index (κ3) is 1.91. The van der Waals surface area contributed by atoms with Crippen LogP contribution in [0.25, 0.3) is 0 Å². The highest BCUT2D eigenvalue weighted by atomic mass is 32.2.